The Morgan fingerprint density at radius 2 is 1.95 bits per heavy atom. The van der Waals surface area contributed by atoms with Crippen LogP contribution in [0.4, 0.5) is 0 Å². The molecule has 2 atom stereocenters. The Kier molecular flexibility index (Phi) is 4.53. The zero-order valence-corrected chi connectivity index (χ0v) is 13.4. The smallest absolute Gasteiger partial charge is 0.238 e. The van der Waals surface area contributed by atoms with E-state index >= 15 is 0 Å². The summed E-state index contributed by atoms with van der Waals surface area (Å²) in [6, 6.07) is 6.51. The van der Waals surface area contributed by atoms with E-state index in [1.165, 1.54) is 6.07 Å². The molecule has 2 rings (SSSR count). The fourth-order valence-electron chi connectivity index (χ4n) is 2.13. The molecule has 0 radical (unpaired) electrons. The Morgan fingerprint density at radius 1 is 1.29 bits per heavy atom. The van der Waals surface area contributed by atoms with E-state index in [9.17, 15) is 8.42 Å². The molecule has 5 nitrogen and oxygen atoms in total. The van der Waals surface area contributed by atoms with Gasteiger partial charge in [-0.3, -0.25) is 0 Å². The van der Waals surface area contributed by atoms with Crippen LogP contribution in [0.2, 0.25) is 5.15 Å². The molecule has 21 heavy (non-hydrogen) atoms. The second kappa shape index (κ2) is 5.88. The minimum atomic E-state index is -3.82. The molecule has 1 heterocycles. The Labute approximate surface area is 129 Å². The normalized spacial score (nSPS) is 15.1. The number of primary sulfonamides is 1. The molecule has 1 aromatic carbocycles. The first-order chi connectivity index (χ1) is 9.70. The van der Waals surface area contributed by atoms with E-state index in [0.29, 0.717) is 22.9 Å². The van der Waals surface area contributed by atoms with Gasteiger partial charge in [-0.15, -0.1) is 0 Å². The fourth-order valence-corrected chi connectivity index (χ4v) is 3.14. The number of halogens is 1. The molecule has 7 heteroatoms. The van der Waals surface area contributed by atoms with Crippen molar-refractivity contribution in [3.63, 3.8) is 0 Å². The number of fused-ring (bicyclic) bond motifs is 1. The van der Waals surface area contributed by atoms with Crippen molar-refractivity contribution in [3.8, 4) is 0 Å². The summed E-state index contributed by atoms with van der Waals surface area (Å²) in [5.74, 6) is 0.202. The van der Waals surface area contributed by atoms with Crippen molar-refractivity contribution in [1.29, 1.82) is 0 Å². The fraction of sp³-hybridized carbons (Fsp3) is 0.357. The lowest BCUT2D eigenvalue weighted by molar-refractivity contribution is 0.477. The van der Waals surface area contributed by atoms with Crippen LogP contribution in [0.3, 0.4) is 0 Å². The van der Waals surface area contributed by atoms with Crippen LogP contribution in [0.1, 0.15) is 19.5 Å². The number of benzene rings is 1. The summed E-state index contributed by atoms with van der Waals surface area (Å²) in [6.07, 6.45) is 0.617. The predicted octanol–water partition coefficient (Wildman–Crippen LogP) is 2.06. The molecular formula is C14H18ClN3O2S. The van der Waals surface area contributed by atoms with Crippen LogP contribution < -0.4 is 10.9 Å². The van der Waals surface area contributed by atoms with E-state index in [0.717, 1.165) is 0 Å². The van der Waals surface area contributed by atoms with Gasteiger partial charge in [-0.25, -0.2) is 18.5 Å². The number of hydrogen-bond donors (Lipinski definition) is 2. The summed E-state index contributed by atoms with van der Waals surface area (Å²) in [5.41, 5.74) is 6.56. The van der Waals surface area contributed by atoms with Crippen LogP contribution >= 0.6 is 11.6 Å². The third kappa shape index (κ3) is 3.52. The van der Waals surface area contributed by atoms with Crippen LogP contribution in [0.25, 0.3) is 10.8 Å². The molecule has 0 spiro atoms. The number of pyridine rings is 1. The highest BCUT2D eigenvalue weighted by Crippen LogP contribution is 2.28. The molecule has 0 aliphatic heterocycles. The van der Waals surface area contributed by atoms with Gasteiger partial charge in [0.25, 0.3) is 0 Å². The van der Waals surface area contributed by atoms with E-state index in [2.05, 4.69) is 4.98 Å². The van der Waals surface area contributed by atoms with Gasteiger partial charge in [0.15, 0.2) is 0 Å². The first-order valence-corrected chi connectivity index (χ1v) is 8.49. The van der Waals surface area contributed by atoms with Crippen LogP contribution in [0, 0.1) is 5.92 Å². The number of aromatic nitrogens is 1. The van der Waals surface area contributed by atoms with Crippen LogP contribution in [0.5, 0.6) is 0 Å². The lowest BCUT2D eigenvalue weighted by atomic mass is 9.97. The molecule has 114 valence electrons. The number of hydrogen-bond acceptors (Lipinski definition) is 4. The van der Waals surface area contributed by atoms with Gasteiger partial charge in [0, 0.05) is 22.5 Å². The number of nitrogens with zero attached hydrogens (tertiary/aromatic N) is 1. The minimum absolute atomic E-state index is 0.00903. The highest BCUT2D eigenvalue weighted by Gasteiger charge is 2.17. The van der Waals surface area contributed by atoms with Crippen LogP contribution in [-0.4, -0.2) is 19.4 Å². The maximum atomic E-state index is 11.7. The summed E-state index contributed by atoms with van der Waals surface area (Å²) < 4.78 is 23.4. The Morgan fingerprint density at radius 3 is 2.52 bits per heavy atom. The summed E-state index contributed by atoms with van der Waals surface area (Å²) in [5, 5.41) is 6.59. The van der Waals surface area contributed by atoms with Gasteiger partial charge in [0.05, 0.1) is 4.90 Å². The van der Waals surface area contributed by atoms with Crippen LogP contribution in [-0.2, 0) is 16.4 Å². The second-order valence-electron chi connectivity index (χ2n) is 5.34. The standard InChI is InChI=1S/C14H18ClN3O2S/c1-8(9(2)16)6-10-7-12-11(14(15)18-10)4-3-5-13(12)21(17,19)20/h3-5,7-9H,6,16H2,1-2H3,(H2,17,19,20). The first-order valence-electron chi connectivity index (χ1n) is 6.56. The largest absolute Gasteiger partial charge is 0.328 e. The average Bonchev–Trinajstić information content (AvgIpc) is 2.36. The van der Waals surface area contributed by atoms with Gasteiger partial charge in [0.1, 0.15) is 5.15 Å². The molecule has 2 aromatic rings. The van der Waals surface area contributed by atoms with Gasteiger partial charge in [0.2, 0.25) is 10.0 Å². The molecule has 0 bridgehead atoms. The topological polar surface area (TPSA) is 99.1 Å². The number of nitrogens with two attached hydrogens (primary N) is 2. The molecule has 0 aliphatic rings. The summed E-state index contributed by atoms with van der Waals surface area (Å²) >= 11 is 6.17. The predicted molar refractivity (Wildman–Crippen MR) is 84.6 cm³/mol. The third-order valence-electron chi connectivity index (χ3n) is 3.58. The Bertz CT molecular complexity index is 775. The lowest BCUT2D eigenvalue weighted by Gasteiger charge is -2.16. The zero-order valence-electron chi connectivity index (χ0n) is 11.9. The second-order valence-corrected chi connectivity index (χ2v) is 7.23. The average molecular weight is 328 g/mol. The van der Waals surface area contributed by atoms with Gasteiger partial charge in [-0.2, -0.15) is 0 Å². The molecular weight excluding hydrogens is 310 g/mol. The van der Waals surface area contributed by atoms with Crippen molar-refractivity contribution in [3.05, 3.63) is 35.1 Å². The third-order valence-corrected chi connectivity index (χ3v) is 4.83. The SMILES string of the molecule is CC(N)C(C)Cc1cc2c(S(N)(=O)=O)cccc2c(Cl)n1. The number of rotatable bonds is 4. The van der Waals surface area contributed by atoms with Gasteiger partial charge in [-0.05, 0) is 31.4 Å². The van der Waals surface area contributed by atoms with Gasteiger partial charge in [-0.1, -0.05) is 30.7 Å². The lowest BCUT2D eigenvalue weighted by Crippen LogP contribution is -2.26. The van der Waals surface area contributed by atoms with Gasteiger partial charge < -0.3 is 5.73 Å². The molecule has 2 unspecified atom stereocenters. The highest BCUT2D eigenvalue weighted by molar-refractivity contribution is 7.89. The molecule has 0 saturated carbocycles. The molecule has 1 aromatic heterocycles. The van der Waals surface area contributed by atoms with Gasteiger partial charge >= 0.3 is 0 Å². The van der Waals surface area contributed by atoms with E-state index in [1.54, 1.807) is 18.2 Å². The number of sulfonamides is 1. The monoisotopic (exact) mass is 327 g/mol. The van der Waals surface area contributed by atoms with E-state index in [-0.39, 0.29) is 22.0 Å². The van der Waals surface area contributed by atoms with Crippen molar-refractivity contribution in [1.82, 2.24) is 4.98 Å². The first kappa shape index (κ1) is 16.2. The van der Waals surface area contributed by atoms with Crippen molar-refractivity contribution in [2.75, 3.05) is 0 Å². The van der Waals surface area contributed by atoms with Crippen molar-refractivity contribution in [2.45, 2.75) is 31.2 Å². The molecule has 4 N–H and O–H groups in total. The van der Waals surface area contributed by atoms with E-state index < -0.39 is 10.0 Å². The summed E-state index contributed by atoms with van der Waals surface area (Å²) in [7, 11) is -3.82. The summed E-state index contributed by atoms with van der Waals surface area (Å²) in [6.45, 7) is 3.93. The molecule has 0 fully saturated rings. The van der Waals surface area contributed by atoms with Crippen molar-refractivity contribution < 1.29 is 8.42 Å². The van der Waals surface area contributed by atoms with E-state index in [1.807, 2.05) is 13.8 Å². The Balaban J connectivity index is 2.63. The molecule has 0 saturated heterocycles. The minimum Gasteiger partial charge on any atom is -0.328 e. The quantitative estimate of drug-likeness (QED) is 0.839. The molecule has 0 amide bonds. The zero-order chi connectivity index (χ0) is 15.8. The Hall–Kier alpha value is -1.21. The van der Waals surface area contributed by atoms with Crippen LogP contribution in [0.15, 0.2) is 29.2 Å². The van der Waals surface area contributed by atoms with Crippen molar-refractivity contribution in [2.24, 2.45) is 16.8 Å². The maximum Gasteiger partial charge on any atom is 0.238 e. The highest BCUT2D eigenvalue weighted by atomic mass is 35.5. The maximum absolute atomic E-state index is 11.7. The summed E-state index contributed by atoms with van der Waals surface area (Å²) in [4.78, 5) is 4.38. The molecule has 0 aliphatic carbocycles. The van der Waals surface area contributed by atoms with E-state index in [4.69, 9.17) is 22.5 Å². The van der Waals surface area contributed by atoms with Crippen molar-refractivity contribution >= 4 is 32.4 Å².